The molecule has 5 heteroatoms. The van der Waals surface area contributed by atoms with Gasteiger partial charge in [0.25, 0.3) is 5.91 Å². The summed E-state index contributed by atoms with van der Waals surface area (Å²) in [6, 6.07) is 1.75. The Morgan fingerprint density at radius 1 is 1.40 bits per heavy atom. The molecule has 1 amide bonds. The Kier molecular flexibility index (Phi) is 4.98. The average molecular weight is 281 g/mol. The van der Waals surface area contributed by atoms with Gasteiger partial charge >= 0.3 is 5.97 Å². The van der Waals surface area contributed by atoms with Crippen LogP contribution in [0.5, 0.6) is 0 Å². The summed E-state index contributed by atoms with van der Waals surface area (Å²) in [5.74, 6) is 0.496. The third kappa shape index (κ3) is 3.85. The summed E-state index contributed by atoms with van der Waals surface area (Å²) in [6.45, 7) is 9.34. The molecule has 1 aromatic heterocycles. The fourth-order valence-corrected chi connectivity index (χ4v) is 1.71. The highest BCUT2D eigenvalue weighted by atomic mass is 16.4. The van der Waals surface area contributed by atoms with Crippen molar-refractivity contribution >= 4 is 11.9 Å². The van der Waals surface area contributed by atoms with E-state index in [9.17, 15) is 9.59 Å². The highest BCUT2D eigenvalue weighted by Gasteiger charge is 2.27. The van der Waals surface area contributed by atoms with Crippen molar-refractivity contribution < 1.29 is 19.1 Å². The molecule has 0 fully saturated rings. The van der Waals surface area contributed by atoms with Crippen LogP contribution in [-0.4, -0.2) is 23.5 Å². The van der Waals surface area contributed by atoms with Crippen LogP contribution in [0.3, 0.4) is 0 Å². The molecule has 0 aliphatic carbocycles. The largest absolute Gasteiger partial charge is 0.481 e. The quantitative estimate of drug-likeness (QED) is 0.840. The summed E-state index contributed by atoms with van der Waals surface area (Å²) in [6.07, 6.45) is 0.377. The molecule has 0 aliphatic rings. The van der Waals surface area contributed by atoms with E-state index in [4.69, 9.17) is 9.52 Å². The first-order valence-electron chi connectivity index (χ1n) is 6.77. The number of amides is 1. The van der Waals surface area contributed by atoms with Crippen molar-refractivity contribution in [3.63, 3.8) is 0 Å². The highest BCUT2D eigenvalue weighted by Crippen LogP contribution is 2.22. The molecule has 0 radical (unpaired) electrons. The molecule has 20 heavy (non-hydrogen) atoms. The zero-order chi connectivity index (χ0) is 15.5. The topological polar surface area (TPSA) is 79.5 Å². The molecule has 1 rings (SSSR count). The number of carbonyl (C=O) groups excluding carboxylic acids is 1. The summed E-state index contributed by atoms with van der Waals surface area (Å²) in [4.78, 5) is 23.0. The van der Waals surface area contributed by atoms with Gasteiger partial charge in [-0.05, 0) is 33.3 Å². The molecule has 0 bridgehead atoms. The molecular formula is C15H23NO4. The SMILES string of the molecule is Cc1oc(C(C)C)cc1C(=O)NCCC(C)(C)C(=O)O. The van der Waals surface area contributed by atoms with E-state index in [2.05, 4.69) is 5.32 Å². The first-order valence-corrected chi connectivity index (χ1v) is 6.77. The Morgan fingerprint density at radius 3 is 2.45 bits per heavy atom. The van der Waals surface area contributed by atoms with Crippen molar-refractivity contribution in [3.05, 3.63) is 23.2 Å². The number of hydrogen-bond donors (Lipinski definition) is 2. The number of aliphatic carboxylic acids is 1. The van der Waals surface area contributed by atoms with Crippen molar-refractivity contribution in [3.8, 4) is 0 Å². The van der Waals surface area contributed by atoms with Gasteiger partial charge in [-0.15, -0.1) is 0 Å². The lowest BCUT2D eigenvalue weighted by molar-refractivity contribution is -0.147. The third-order valence-corrected chi connectivity index (χ3v) is 3.37. The van der Waals surface area contributed by atoms with E-state index in [0.717, 1.165) is 5.76 Å². The Balaban J connectivity index is 2.62. The van der Waals surface area contributed by atoms with Gasteiger partial charge in [0.15, 0.2) is 0 Å². The smallest absolute Gasteiger partial charge is 0.309 e. The van der Waals surface area contributed by atoms with Gasteiger partial charge < -0.3 is 14.8 Å². The molecule has 112 valence electrons. The van der Waals surface area contributed by atoms with E-state index in [1.807, 2.05) is 13.8 Å². The molecule has 0 aliphatic heterocycles. The summed E-state index contributed by atoms with van der Waals surface area (Å²) < 4.78 is 5.53. The summed E-state index contributed by atoms with van der Waals surface area (Å²) in [5.41, 5.74) is -0.330. The van der Waals surface area contributed by atoms with E-state index in [-0.39, 0.29) is 11.8 Å². The lowest BCUT2D eigenvalue weighted by Crippen LogP contribution is -2.32. The van der Waals surface area contributed by atoms with E-state index >= 15 is 0 Å². The van der Waals surface area contributed by atoms with Crippen LogP contribution in [0.4, 0.5) is 0 Å². The van der Waals surface area contributed by atoms with Crippen molar-refractivity contribution in [1.82, 2.24) is 5.32 Å². The van der Waals surface area contributed by atoms with Crippen molar-refractivity contribution in [1.29, 1.82) is 0 Å². The standard InChI is InChI=1S/C15H23NO4/c1-9(2)12-8-11(10(3)20-12)13(17)16-7-6-15(4,5)14(18)19/h8-9H,6-7H2,1-5H3,(H,16,17)(H,18,19). The summed E-state index contributed by atoms with van der Waals surface area (Å²) in [7, 11) is 0. The predicted molar refractivity (Wildman–Crippen MR) is 75.9 cm³/mol. The molecule has 5 nitrogen and oxygen atoms in total. The normalized spacial score (nSPS) is 11.7. The summed E-state index contributed by atoms with van der Waals surface area (Å²) in [5, 5.41) is 11.7. The second-order valence-corrected chi connectivity index (χ2v) is 5.97. The minimum absolute atomic E-state index is 0.223. The van der Waals surface area contributed by atoms with Gasteiger partial charge in [-0.3, -0.25) is 9.59 Å². The van der Waals surface area contributed by atoms with Crippen LogP contribution in [0.25, 0.3) is 0 Å². The molecule has 1 aromatic rings. The van der Waals surface area contributed by atoms with Crippen molar-refractivity contribution in [2.45, 2.75) is 47.0 Å². The lowest BCUT2D eigenvalue weighted by atomic mass is 9.90. The number of furan rings is 1. The van der Waals surface area contributed by atoms with E-state index < -0.39 is 11.4 Å². The molecule has 2 N–H and O–H groups in total. The lowest BCUT2D eigenvalue weighted by Gasteiger charge is -2.18. The predicted octanol–water partition coefficient (Wildman–Crippen LogP) is 2.94. The van der Waals surface area contributed by atoms with Gasteiger partial charge in [-0.2, -0.15) is 0 Å². The molecule has 0 atom stereocenters. The molecule has 0 saturated carbocycles. The van der Waals surface area contributed by atoms with E-state index in [1.54, 1.807) is 26.8 Å². The highest BCUT2D eigenvalue weighted by molar-refractivity contribution is 5.95. The van der Waals surface area contributed by atoms with E-state index in [1.165, 1.54) is 0 Å². The Labute approximate surface area is 119 Å². The second kappa shape index (κ2) is 6.11. The van der Waals surface area contributed by atoms with Crippen LogP contribution in [0.15, 0.2) is 10.5 Å². The van der Waals surface area contributed by atoms with Crippen LogP contribution in [0.2, 0.25) is 0 Å². The van der Waals surface area contributed by atoms with Crippen LogP contribution >= 0.6 is 0 Å². The first kappa shape index (κ1) is 16.3. The summed E-state index contributed by atoms with van der Waals surface area (Å²) >= 11 is 0. The molecule has 0 spiro atoms. The van der Waals surface area contributed by atoms with Gasteiger partial charge in [-0.25, -0.2) is 0 Å². The van der Waals surface area contributed by atoms with Crippen LogP contribution in [0, 0.1) is 12.3 Å². The zero-order valence-corrected chi connectivity index (χ0v) is 12.7. The second-order valence-electron chi connectivity index (χ2n) is 5.97. The number of carboxylic acids is 1. The first-order chi connectivity index (χ1) is 9.15. The number of rotatable bonds is 6. The Bertz CT molecular complexity index is 500. The minimum Gasteiger partial charge on any atom is -0.481 e. The number of carboxylic acid groups (broad SMARTS) is 1. The van der Waals surface area contributed by atoms with Gasteiger partial charge in [0, 0.05) is 12.5 Å². The molecule has 0 aromatic carbocycles. The fourth-order valence-electron chi connectivity index (χ4n) is 1.71. The van der Waals surface area contributed by atoms with Crippen LogP contribution in [0.1, 0.15) is 61.9 Å². The van der Waals surface area contributed by atoms with Gasteiger partial charge in [0.05, 0.1) is 11.0 Å². The van der Waals surface area contributed by atoms with Gasteiger partial charge in [0.1, 0.15) is 11.5 Å². The molecular weight excluding hydrogens is 258 g/mol. The van der Waals surface area contributed by atoms with Crippen LogP contribution < -0.4 is 5.32 Å². The van der Waals surface area contributed by atoms with Gasteiger partial charge in [-0.1, -0.05) is 13.8 Å². The maximum atomic E-state index is 12.0. The monoisotopic (exact) mass is 281 g/mol. The zero-order valence-electron chi connectivity index (χ0n) is 12.7. The molecule has 0 unspecified atom stereocenters. The van der Waals surface area contributed by atoms with Crippen molar-refractivity contribution in [2.24, 2.45) is 5.41 Å². The van der Waals surface area contributed by atoms with Crippen LogP contribution in [-0.2, 0) is 4.79 Å². The third-order valence-electron chi connectivity index (χ3n) is 3.37. The maximum absolute atomic E-state index is 12.0. The van der Waals surface area contributed by atoms with E-state index in [0.29, 0.717) is 24.3 Å². The van der Waals surface area contributed by atoms with Gasteiger partial charge in [0.2, 0.25) is 0 Å². The average Bonchev–Trinajstić information content (AvgIpc) is 2.71. The number of aryl methyl sites for hydroxylation is 1. The van der Waals surface area contributed by atoms with Crippen molar-refractivity contribution in [2.75, 3.05) is 6.54 Å². The fraction of sp³-hybridized carbons (Fsp3) is 0.600. The Morgan fingerprint density at radius 2 is 2.00 bits per heavy atom. The maximum Gasteiger partial charge on any atom is 0.309 e. The Hall–Kier alpha value is -1.78. The minimum atomic E-state index is -0.867. The number of hydrogen-bond acceptors (Lipinski definition) is 3. The number of carbonyl (C=O) groups is 2. The number of nitrogens with one attached hydrogen (secondary N) is 1. The molecule has 1 heterocycles. The molecule has 0 saturated heterocycles.